The van der Waals surface area contributed by atoms with Crippen molar-refractivity contribution < 1.29 is 4.74 Å². The van der Waals surface area contributed by atoms with Crippen molar-refractivity contribution in [3.05, 3.63) is 75.8 Å². The van der Waals surface area contributed by atoms with E-state index in [-0.39, 0.29) is 12.4 Å². The molecule has 1 aliphatic carbocycles. The lowest BCUT2D eigenvalue weighted by molar-refractivity contribution is 0.302. The van der Waals surface area contributed by atoms with Crippen LogP contribution >= 0.6 is 35.6 Å². The van der Waals surface area contributed by atoms with Crippen molar-refractivity contribution in [3.8, 4) is 5.75 Å². The minimum Gasteiger partial charge on any atom is -0.488 e. The van der Waals surface area contributed by atoms with Crippen molar-refractivity contribution in [2.45, 2.75) is 44.9 Å². The molecule has 28 heavy (non-hydrogen) atoms. The molecule has 0 heterocycles. The molecule has 1 saturated carbocycles. The molecule has 0 unspecified atom stereocenters. The monoisotopic (exact) mass is 435 g/mol. The molecule has 3 aromatic rings. The van der Waals surface area contributed by atoms with Gasteiger partial charge in [-0.05, 0) is 41.8 Å². The fourth-order valence-corrected chi connectivity index (χ4v) is 4.27. The topological polar surface area (TPSA) is 21.3 Å². The van der Waals surface area contributed by atoms with Gasteiger partial charge in [-0.25, -0.2) is 0 Å². The number of benzene rings is 3. The number of nitrogens with one attached hydrogen (secondary N) is 1. The zero-order valence-corrected chi connectivity index (χ0v) is 17.9. The number of rotatable bonds is 6. The molecule has 0 amide bonds. The minimum absolute atomic E-state index is 0. The minimum atomic E-state index is 0. The van der Waals surface area contributed by atoms with Crippen LogP contribution in [0.25, 0.3) is 10.8 Å². The maximum absolute atomic E-state index is 6.30. The Morgan fingerprint density at radius 1 is 0.964 bits per heavy atom. The Bertz CT molecular complexity index is 938. The molecular formula is C23H24Cl3NO. The highest BCUT2D eigenvalue weighted by Crippen LogP contribution is 2.30. The van der Waals surface area contributed by atoms with Crippen molar-refractivity contribution in [2.24, 2.45) is 0 Å². The smallest absolute Gasteiger partial charge is 0.124 e. The van der Waals surface area contributed by atoms with Gasteiger partial charge < -0.3 is 10.1 Å². The Morgan fingerprint density at radius 2 is 1.75 bits per heavy atom. The molecule has 0 bridgehead atoms. The lowest BCUT2D eigenvalue weighted by atomic mass is 10.0. The highest BCUT2D eigenvalue weighted by atomic mass is 35.5. The van der Waals surface area contributed by atoms with Gasteiger partial charge >= 0.3 is 0 Å². The molecule has 148 valence electrons. The zero-order chi connectivity index (χ0) is 18.6. The third-order valence-electron chi connectivity index (χ3n) is 5.32. The first-order chi connectivity index (χ1) is 13.2. The van der Waals surface area contributed by atoms with Gasteiger partial charge in [0, 0.05) is 33.8 Å². The van der Waals surface area contributed by atoms with Crippen LogP contribution in [0.1, 0.15) is 36.8 Å². The summed E-state index contributed by atoms with van der Waals surface area (Å²) in [4.78, 5) is 0. The van der Waals surface area contributed by atoms with Gasteiger partial charge in [0.2, 0.25) is 0 Å². The molecule has 5 heteroatoms. The molecule has 1 aliphatic rings. The van der Waals surface area contributed by atoms with Gasteiger partial charge in [0.05, 0.1) is 0 Å². The third-order valence-corrected chi connectivity index (χ3v) is 5.91. The first-order valence-corrected chi connectivity index (χ1v) is 10.3. The van der Waals surface area contributed by atoms with E-state index in [1.54, 1.807) is 6.07 Å². The Kier molecular flexibility index (Phi) is 7.48. The van der Waals surface area contributed by atoms with E-state index in [4.69, 9.17) is 27.9 Å². The summed E-state index contributed by atoms with van der Waals surface area (Å²) < 4.78 is 6.20. The third kappa shape index (κ3) is 4.93. The number of hydrogen-bond acceptors (Lipinski definition) is 2. The molecule has 0 atom stereocenters. The van der Waals surface area contributed by atoms with Gasteiger partial charge in [0.1, 0.15) is 12.4 Å². The molecule has 2 nitrogen and oxygen atoms in total. The average molecular weight is 437 g/mol. The highest BCUT2D eigenvalue weighted by Gasteiger charge is 2.16. The standard InChI is InChI=1S/C23H23Cl2NO.ClH/c24-18-11-9-17(22(25)13-18)15-27-23-12-10-16-5-1-4-8-20(16)21(23)14-26-19-6-2-3-7-19;/h1,4-5,8-13,19,26H,2-3,6-7,14-15H2;1H. The summed E-state index contributed by atoms with van der Waals surface area (Å²) in [5.74, 6) is 0.908. The van der Waals surface area contributed by atoms with E-state index in [2.05, 4.69) is 41.7 Å². The van der Waals surface area contributed by atoms with Crippen molar-refractivity contribution in [1.82, 2.24) is 5.32 Å². The van der Waals surface area contributed by atoms with E-state index in [0.717, 1.165) is 17.9 Å². The molecule has 1 fully saturated rings. The van der Waals surface area contributed by atoms with Crippen molar-refractivity contribution in [3.63, 3.8) is 0 Å². The van der Waals surface area contributed by atoms with Gasteiger partial charge in [-0.2, -0.15) is 0 Å². The Hall–Kier alpha value is -1.45. The lowest BCUT2D eigenvalue weighted by Crippen LogP contribution is -2.25. The van der Waals surface area contributed by atoms with Crippen molar-refractivity contribution in [2.75, 3.05) is 0 Å². The number of hydrogen-bond donors (Lipinski definition) is 1. The van der Waals surface area contributed by atoms with E-state index in [0.29, 0.717) is 22.7 Å². The van der Waals surface area contributed by atoms with Crippen LogP contribution in [0, 0.1) is 0 Å². The lowest BCUT2D eigenvalue weighted by Gasteiger charge is -2.18. The van der Waals surface area contributed by atoms with Crippen LogP contribution in [0.3, 0.4) is 0 Å². The van der Waals surface area contributed by atoms with Crippen molar-refractivity contribution in [1.29, 1.82) is 0 Å². The number of halogens is 3. The SMILES string of the molecule is Cl.Clc1ccc(COc2ccc3ccccc3c2CNC2CCCC2)c(Cl)c1. The zero-order valence-electron chi connectivity index (χ0n) is 15.6. The average Bonchev–Trinajstić information content (AvgIpc) is 3.19. The first-order valence-electron chi connectivity index (χ1n) is 9.51. The maximum Gasteiger partial charge on any atom is 0.124 e. The summed E-state index contributed by atoms with van der Waals surface area (Å²) >= 11 is 12.3. The molecule has 0 saturated heterocycles. The number of ether oxygens (including phenoxy) is 1. The quantitative estimate of drug-likeness (QED) is 0.442. The molecular weight excluding hydrogens is 413 g/mol. The maximum atomic E-state index is 6.30. The van der Waals surface area contributed by atoms with Crippen LogP contribution in [0.5, 0.6) is 5.75 Å². The fraction of sp³-hybridized carbons (Fsp3) is 0.304. The van der Waals surface area contributed by atoms with E-state index in [9.17, 15) is 0 Å². The van der Waals surface area contributed by atoms with Gasteiger partial charge in [-0.15, -0.1) is 12.4 Å². The second-order valence-corrected chi connectivity index (χ2v) is 7.99. The molecule has 3 aromatic carbocycles. The highest BCUT2D eigenvalue weighted by molar-refractivity contribution is 6.35. The van der Waals surface area contributed by atoms with Crippen molar-refractivity contribution >= 4 is 46.4 Å². The fourth-order valence-electron chi connectivity index (χ4n) is 3.80. The van der Waals surface area contributed by atoms with E-state index in [1.807, 2.05) is 12.1 Å². The van der Waals surface area contributed by atoms with E-state index >= 15 is 0 Å². The van der Waals surface area contributed by atoms with Gasteiger partial charge in [0.15, 0.2) is 0 Å². The van der Waals surface area contributed by atoms with Crippen LogP contribution in [-0.2, 0) is 13.2 Å². The largest absolute Gasteiger partial charge is 0.488 e. The molecule has 0 spiro atoms. The summed E-state index contributed by atoms with van der Waals surface area (Å²) in [6.07, 6.45) is 5.18. The molecule has 4 rings (SSSR count). The predicted octanol–water partition coefficient (Wildman–Crippen LogP) is 7.18. The molecule has 0 aromatic heterocycles. The van der Waals surface area contributed by atoms with Crippen LogP contribution in [-0.4, -0.2) is 6.04 Å². The van der Waals surface area contributed by atoms with E-state index in [1.165, 1.54) is 42.0 Å². The van der Waals surface area contributed by atoms with Gasteiger partial charge in [0.25, 0.3) is 0 Å². The predicted molar refractivity (Wildman–Crippen MR) is 121 cm³/mol. The second kappa shape index (κ2) is 9.84. The summed E-state index contributed by atoms with van der Waals surface area (Å²) in [5.41, 5.74) is 2.15. The summed E-state index contributed by atoms with van der Waals surface area (Å²) in [6, 6.07) is 18.8. The normalized spacial score (nSPS) is 14.2. The summed E-state index contributed by atoms with van der Waals surface area (Å²) in [7, 11) is 0. The first kappa shape index (κ1) is 21.3. The molecule has 0 radical (unpaired) electrons. The second-order valence-electron chi connectivity index (χ2n) is 7.15. The number of fused-ring (bicyclic) bond motifs is 1. The van der Waals surface area contributed by atoms with E-state index < -0.39 is 0 Å². The molecule has 0 aliphatic heterocycles. The van der Waals surface area contributed by atoms with Gasteiger partial charge in [-0.1, -0.05) is 72.4 Å². The molecule has 1 N–H and O–H groups in total. The van der Waals surface area contributed by atoms with Crippen LogP contribution in [0.15, 0.2) is 54.6 Å². The van der Waals surface area contributed by atoms with Crippen LogP contribution in [0.2, 0.25) is 10.0 Å². The van der Waals surface area contributed by atoms with Crippen LogP contribution < -0.4 is 10.1 Å². The summed E-state index contributed by atoms with van der Waals surface area (Å²) in [6.45, 7) is 1.24. The van der Waals surface area contributed by atoms with Crippen LogP contribution in [0.4, 0.5) is 0 Å². The Morgan fingerprint density at radius 3 is 2.54 bits per heavy atom. The van der Waals surface area contributed by atoms with Gasteiger partial charge in [-0.3, -0.25) is 0 Å². The Balaban J connectivity index is 0.00000225. The summed E-state index contributed by atoms with van der Waals surface area (Å²) in [5, 5.41) is 7.46. The Labute approximate surface area is 182 Å².